The molecule has 9 heteroatoms. The van der Waals surface area contributed by atoms with Gasteiger partial charge < -0.3 is 15.5 Å². The minimum Gasteiger partial charge on any atom is -0.326 e. The van der Waals surface area contributed by atoms with Crippen LogP contribution >= 0.6 is 0 Å². The van der Waals surface area contributed by atoms with E-state index in [9.17, 15) is 24.5 Å². The summed E-state index contributed by atoms with van der Waals surface area (Å²) in [5, 5.41) is 16.2. The molecule has 1 atom stereocenters. The molecule has 2 aromatic carbocycles. The molecule has 1 saturated heterocycles. The summed E-state index contributed by atoms with van der Waals surface area (Å²) in [6.45, 7) is 3.31. The standard InChI is InChI=1S/C20H20N4O5/c1-12-9-17(24(28)29)7-8-18(12)22-20(27)14-10-19(26)23(11-14)16-5-3-15(4-6-16)21-13(2)25/h3-9,14H,10-11H2,1-2H3,(H,21,25)(H,22,27). The number of carbonyl (C=O) groups is 3. The Morgan fingerprint density at radius 3 is 2.41 bits per heavy atom. The van der Waals surface area contributed by atoms with Crippen molar-refractivity contribution < 1.29 is 19.3 Å². The van der Waals surface area contributed by atoms with Crippen molar-refractivity contribution in [3.8, 4) is 0 Å². The Morgan fingerprint density at radius 1 is 1.14 bits per heavy atom. The van der Waals surface area contributed by atoms with E-state index in [1.807, 2.05) is 0 Å². The van der Waals surface area contributed by atoms with Crippen LogP contribution in [-0.4, -0.2) is 29.2 Å². The van der Waals surface area contributed by atoms with E-state index in [-0.39, 0.29) is 36.4 Å². The second-order valence-electron chi connectivity index (χ2n) is 6.88. The summed E-state index contributed by atoms with van der Waals surface area (Å²) in [4.78, 5) is 48.0. The number of hydrogen-bond acceptors (Lipinski definition) is 5. The Bertz CT molecular complexity index is 987. The Kier molecular flexibility index (Phi) is 5.58. The van der Waals surface area contributed by atoms with Gasteiger partial charge in [-0.2, -0.15) is 0 Å². The summed E-state index contributed by atoms with van der Waals surface area (Å²) in [6.07, 6.45) is 0.0747. The van der Waals surface area contributed by atoms with E-state index in [0.29, 0.717) is 22.6 Å². The van der Waals surface area contributed by atoms with Crippen molar-refractivity contribution in [2.45, 2.75) is 20.3 Å². The number of rotatable bonds is 5. The lowest BCUT2D eigenvalue weighted by molar-refractivity contribution is -0.384. The SMILES string of the molecule is CC(=O)Nc1ccc(N2CC(C(=O)Nc3ccc([N+](=O)[O-])cc3C)CC2=O)cc1. The summed E-state index contributed by atoms with van der Waals surface area (Å²) >= 11 is 0. The van der Waals surface area contributed by atoms with Crippen LogP contribution in [0.2, 0.25) is 0 Å². The number of aryl methyl sites for hydroxylation is 1. The highest BCUT2D eigenvalue weighted by Crippen LogP contribution is 2.28. The number of carbonyl (C=O) groups excluding carboxylic acids is 3. The van der Waals surface area contributed by atoms with Crippen LogP contribution in [0.1, 0.15) is 18.9 Å². The number of hydrogen-bond donors (Lipinski definition) is 2. The maximum Gasteiger partial charge on any atom is 0.269 e. The summed E-state index contributed by atoms with van der Waals surface area (Å²) in [6, 6.07) is 11.0. The number of non-ortho nitro benzene ring substituents is 1. The molecule has 1 heterocycles. The van der Waals surface area contributed by atoms with Crippen LogP contribution in [0, 0.1) is 23.0 Å². The van der Waals surface area contributed by atoms with Crippen molar-refractivity contribution in [2.75, 3.05) is 22.1 Å². The zero-order valence-electron chi connectivity index (χ0n) is 16.0. The van der Waals surface area contributed by atoms with Crippen molar-refractivity contribution in [3.63, 3.8) is 0 Å². The van der Waals surface area contributed by atoms with Gasteiger partial charge in [0.2, 0.25) is 17.7 Å². The monoisotopic (exact) mass is 396 g/mol. The van der Waals surface area contributed by atoms with Gasteiger partial charge in [-0.25, -0.2) is 0 Å². The summed E-state index contributed by atoms with van der Waals surface area (Å²) in [5.74, 6) is -1.20. The van der Waals surface area contributed by atoms with Gasteiger partial charge in [0.25, 0.3) is 5.69 Å². The predicted octanol–water partition coefficient (Wildman–Crippen LogP) is 2.85. The minimum atomic E-state index is -0.535. The molecule has 3 rings (SSSR count). The summed E-state index contributed by atoms with van der Waals surface area (Å²) in [5.41, 5.74) is 2.26. The van der Waals surface area contributed by atoms with Crippen molar-refractivity contribution in [3.05, 3.63) is 58.1 Å². The Hall–Kier alpha value is -3.75. The van der Waals surface area contributed by atoms with Crippen LogP contribution in [0.4, 0.5) is 22.7 Å². The fraction of sp³-hybridized carbons (Fsp3) is 0.250. The summed E-state index contributed by atoms with van der Waals surface area (Å²) in [7, 11) is 0. The van der Waals surface area contributed by atoms with E-state index in [4.69, 9.17) is 0 Å². The van der Waals surface area contributed by atoms with Gasteiger partial charge in [-0.05, 0) is 42.8 Å². The second-order valence-corrected chi connectivity index (χ2v) is 6.88. The van der Waals surface area contributed by atoms with Gasteiger partial charge in [0.05, 0.1) is 10.8 Å². The molecule has 2 aromatic rings. The van der Waals surface area contributed by atoms with Crippen LogP contribution in [-0.2, 0) is 14.4 Å². The molecule has 0 aromatic heterocycles. The van der Waals surface area contributed by atoms with Gasteiger partial charge in [-0.15, -0.1) is 0 Å². The molecule has 1 aliphatic heterocycles. The maximum absolute atomic E-state index is 12.6. The molecule has 1 fully saturated rings. The van der Waals surface area contributed by atoms with E-state index in [1.165, 1.54) is 30.0 Å². The Labute approximate surface area is 166 Å². The molecule has 150 valence electrons. The van der Waals surface area contributed by atoms with Crippen LogP contribution in [0.3, 0.4) is 0 Å². The number of nitrogens with one attached hydrogen (secondary N) is 2. The van der Waals surface area contributed by atoms with Gasteiger partial charge >= 0.3 is 0 Å². The first-order chi connectivity index (χ1) is 13.7. The molecule has 2 N–H and O–H groups in total. The quantitative estimate of drug-likeness (QED) is 0.594. The van der Waals surface area contributed by atoms with Crippen LogP contribution in [0.5, 0.6) is 0 Å². The Balaban J connectivity index is 1.67. The van der Waals surface area contributed by atoms with E-state index in [0.717, 1.165) is 0 Å². The van der Waals surface area contributed by atoms with Crippen LogP contribution in [0.15, 0.2) is 42.5 Å². The normalized spacial score (nSPS) is 15.9. The number of amides is 3. The fourth-order valence-electron chi connectivity index (χ4n) is 3.20. The predicted molar refractivity (Wildman–Crippen MR) is 108 cm³/mol. The van der Waals surface area contributed by atoms with Gasteiger partial charge in [-0.3, -0.25) is 24.5 Å². The molecular formula is C20H20N4O5. The molecule has 3 amide bonds. The zero-order chi connectivity index (χ0) is 21.1. The van der Waals surface area contributed by atoms with E-state index >= 15 is 0 Å². The number of nitro groups is 1. The zero-order valence-corrected chi connectivity index (χ0v) is 16.0. The molecule has 0 saturated carbocycles. The molecule has 1 unspecified atom stereocenters. The molecule has 29 heavy (non-hydrogen) atoms. The molecule has 0 bridgehead atoms. The van der Waals surface area contributed by atoms with Crippen LogP contribution < -0.4 is 15.5 Å². The maximum atomic E-state index is 12.6. The summed E-state index contributed by atoms with van der Waals surface area (Å²) < 4.78 is 0. The van der Waals surface area contributed by atoms with Crippen molar-refractivity contribution in [1.29, 1.82) is 0 Å². The molecular weight excluding hydrogens is 376 g/mol. The topological polar surface area (TPSA) is 122 Å². The molecule has 9 nitrogen and oxygen atoms in total. The lowest BCUT2D eigenvalue weighted by Crippen LogP contribution is -2.28. The van der Waals surface area contributed by atoms with Crippen molar-refractivity contribution in [1.82, 2.24) is 0 Å². The lowest BCUT2D eigenvalue weighted by Gasteiger charge is -2.17. The molecule has 0 spiro atoms. The number of nitrogens with zero attached hydrogens (tertiary/aromatic N) is 2. The molecule has 0 radical (unpaired) electrons. The second kappa shape index (κ2) is 8.09. The smallest absolute Gasteiger partial charge is 0.269 e. The van der Waals surface area contributed by atoms with E-state index in [1.54, 1.807) is 31.2 Å². The largest absolute Gasteiger partial charge is 0.326 e. The first-order valence-corrected chi connectivity index (χ1v) is 8.98. The van der Waals surface area contributed by atoms with Gasteiger partial charge in [-0.1, -0.05) is 0 Å². The van der Waals surface area contributed by atoms with E-state index in [2.05, 4.69) is 10.6 Å². The number of anilines is 3. The van der Waals surface area contributed by atoms with Gasteiger partial charge in [0.1, 0.15) is 0 Å². The average Bonchev–Trinajstić information content (AvgIpc) is 3.05. The number of nitro benzene ring substituents is 1. The van der Waals surface area contributed by atoms with Crippen LogP contribution in [0.25, 0.3) is 0 Å². The van der Waals surface area contributed by atoms with E-state index < -0.39 is 10.8 Å². The minimum absolute atomic E-state index is 0.0505. The third kappa shape index (κ3) is 4.57. The third-order valence-corrected chi connectivity index (χ3v) is 4.67. The fourth-order valence-corrected chi connectivity index (χ4v) is 3.20. The Morgan fingerprint density at radius 2 is 1.83 bits per heavy atom. The van der Waals surface area contributed by atoms with Crippen molar-refractivity contribution >= 4 is 40.5 Å². The third-order valence-electron chi connectivity index (χ3n) is 4.67. The molecule has 0 aliphatic carbocycles. The number of benzene rings is 2. The highest BCUT2D eigenvalue weighted by molar-refractivity contribution is 6.04. The first kappa shape index (κ1) is 20.0. The molecule has 1 aliphatic rings. The highest BCUT2D eigenvalue weighted by atomic mass is 16.6. The van der Waals surface area contributed by atoms with Gasteiger partial charge in [0, 0.05) is 49.1 Å². The van der Waals surface area contributed by atoms with Crippen molar-refractivity contribution in [2.24, 2.45) is 5.92 Å². The average molecular weight is 396 g/mol. The highest BCUT2D eigenvalue weighted by Gasteiger charge is 2.35. The first-order valence-electron chi connectivity index (χ1n) is 8.98. The van der Waals surface area contributed by atoms with Gasteiger partial charge in [0.15, 0.2) is 0 Å². The lowest BCUT2D eigenvalue weighted by atomic mass is 10.1.